The molecule has 1 saturated carbocycles. The molecule has 0 bridgehead atoms. The van der Waals surface area contributed by atoms with Gasteiger partial charge in [-0.15, -0.1) is 0 Å². The summed E-state index contributed by atoms with van der Waals surface area (Å²) in [6.07, 6.45) is 3.61. The van der Waals surface area contributed by atoms with Gasteiger partial charge in [0.05, 0.1) is 18.4 Å². The quantitative estimate of drug-likeness (QED) is 0.348. The van der Waals surface area contributed by atoms with E-state index in [2.05, 4.69) is 4.98 Å². The molecule has 5 heteroatoms. The number of carbonyl (C=O) groups is 2. The molecule has 3 aromatic carbocycles. The summed E-state index contributed by atoms with van der Waals surface area (Å²) in [5.41, 5.74) is 2.51. The van der Waals surface area contributed by atoms with Gasteiger partial charge in [0.15, 0.2) is 5.78 Å². The molecule has 1 fully saturated rings. The Bertz CT molecular complexity index is 1150. The average Bonchev–Trinajstić information content (AvgIpc) is 3.51. The Kier molecular flexibility index (Phi) is 4.94. The van der Waals surface area contributed by atoms with Crippen LogP contribution in [0.3, 0.4) is 0 Å². The van der Waals surface area contributed by atoms with Crippen molar-refractivity contribution in [2.75, 3.05) is 0 Å². The number of aromatic nitrogens is 2. The summed E-state index contributed by atoms with van der Waals surface area (Å²) in [6.45, 7) is 0. The number of rotatable bonds is 7. The number of carbonyl (C=O) groups excluding carboxylic acids is 1. The van der Waals surface area contributed by atoms with Crippen LogP contribution in [-0.2, 0) is 10.3 Å². The van der Waals surface area contributed by atoms with E-state index in [1.807, 2.05) is 95.6 Å². The van der Waals surface area contributed by atoms with Crippen LogP contribution >= 0.6 is 0 Å². The standard InChI is InChI=1S/C27H22N2O3/c30-25(22-16-23(22)26(31)32)24-17-28-18-29(24)27(19-10-4-1-5-11-19,20-12-6-2-7-13-20)21-14-8-3-9-15-21/h1-15,17-18,22-23H,16H2,(H,31,32). The molecule has 1 N–H and O–H groups in total. The van der Waals surface area contributed by atoms with Crippen molar-refractivity contribution in [2.45, 2.75) is 12.0 Å². The molecule has 5 rings (SSSR count). The van der Waals surface area contributed by atoms with Crippen molar-refractivity contribution in [1.82, 2.24) is 9.55 Å². The van der Waals surface area contributed by atoms with Crippen LogP contribution in [0.2, 0.25) is 0 Å². The second-order valence-corrected chi connectivity index (χ2v) is 8.11. The fraction of sp³-hybridized carbons (Fsp3) is 0.148. The van der Waals surface area contributed by atoms with Crippen LogP contribution in [0.15, 0.2) is 104 Å². The number of hydrogen-bond donors (Lipinski definition) is 1. The van der Waals surface area contributed by atoms with Gasteiger partial charge in [-0.1, -0.05) is 91.0 Å². The van der Waals surface area contributed by atoms with E-state index in [-0.39, 0.29) is 5.78 Å². The Morgan fingerprint density at radius 3 is 1.66 bits per heavy atom. The summed E-state index contributed by atoms with van der Waals surface area (Å²) in [7, 11) is 0. The van der Waals surface area contributed by atoms with Gasteiger partial charge in [0.25, 0.3) is 0 Å². The molecule has 0 radical (unpaired) electrons. The van der Waals surface area contributed by atoms with Gasteiger partial charge >= 0.3 is 5.97 Å². The minimum absolute atomic E-state index is 0.179. The molecule has 2 unspecified atom stereocenters. The van der Waals surface area contributed by atoms with Gasteiger partial charge in [-0.05, 0) is 23.1 Å². The third-order valence-electron chi connectivity index (χ3n) is 6.27. The zero-order valence-corrected chi connectivity index (χ0v) is 17.3. The molecule has 1 aliphatic carbocycles. The smallest absolute Gasteiger partial charge is 0.307 e. The Labute approximate surface area is 186 Å². The predicted octanol–water partition coefficient (Wildman–Crippen LogP) is 4.63. The Morgan fingerprint density at radius 2 is 1.25 bits per heavy atom. The summed E-state index contributed by atoms with van der Waals surface area (Å²) in [5, 5.41) is 9.36. The predicted molar refractivity (Wildman–Crippen MR) is 120 cm³/mol. The minimum atomic E-state index is -0.921. The van der Waals surface area contributed by atoms with Gasteiger partial charge in [-0.3, -0.25) is 9.59 Å². The lowest BCUT2D eigenvalue weighted by Gasteiger charge is -2.38. The van der Waals surface area contributed by atoms with Crippen LogP contribution in [0, 0.1) is 11.8 Å². The van der Waals surface area contributed by atoms with Crippen LogP contribution in [0.4, 0.5) is 0 Å². The molecular weight excluding hydrogens is 400 g/mol. The van der Waals surface area contributed by atoms with Crippen molar-refractivity contribution in [3.8, 4) is 0 Å². The van der Waals surface area contributed by atoms with Gasteiger partial charge in [0.2, 0.25) is 0 Å². The maximum absolute atomic E-state index is 13.4. The van der Waals surface area contributed by atoms with Crippen LogP contribution in [0.25, 0.3) is 0 Å². The minimum Gasteiger partial charge on any atom is -0.481 e. The second kappa shape index (κ2) is 7.93. The number of aliphatic carboxylic acids is 1. The summed E-state index contributed by atoms with van der Waals surface area (Å²) < 4.78 is 1.91. The zero-order chi connectivity index (χ0) is 22.1. The van der Waals surface area contributed by atoms with Crippen molar-refractivity contribution < 1.29 is 14.7 Å². The molecule has 5 nitrogen and oxygen atoms in total. The highest BCUT2D eigenvalue weighted by Gasteiger charge is 2.50. The molecule has 158 valence electrons. The van der Waals surface area contributed by atoms with E-state index in [0.29, 0.717) is 12.1 Å². The number of imidazole rings is 1. The highest BCUT2D eigenvalue weighted by molar-refractivity contribution is 6.01. The van der Waals surface area contributed by atoms with Crippen LogP contribution in [0.1, 0.15) is 33.6 Å². The van der Waals surface area contributed by atoms with Crippen LogP contribution in [0.5, 0.6) is 0 Å². The molecule has 0 aliphatic heterocycles. The monoisotopic (exact) mass is 422 g/mol. The molecule has 1 heterocycles. The summed E-state index contributed by atoms with van der Waals surface area (Å²) >= 11 is 0. The molecular formula is C27H22N2O3. The molecule has 1 aromatic heterocycles. The van der Waals surface area contributed by atoms with Gasteiger partial charge < -0.3 is 9.67 Å². The van der Waals surface area contributed by atoms with E-state index in [0.717, 1.165) is 16.7 Å². The molecule has 0 amide bonds. The summed E-state index contributed by atoms with van der Waals surface area (Å²) in [5.74, 6) is -2.23. The van der Waals surface area contributed by atoms with E-state index in [4.69, 9.17) is 0 Å². The maximum Gasteiger partial charge on any atom is 0.307 e. The van der Waals surface area contributed by atoms with Crippen molar-refractivity contribution in [3.63, 3.8) is 0 Å². The molecule has 4 aromatic rings. The third kappa shape index (κ3) is 3.14. The van der Waals surface area contributed by atoms with Crippen LogP contribution < -0.4 is 0 Å². The van der Waals surface area contributed by atoms with Gasteiger partial charge in [-0.2, -0.15) is 0 Å². The number of nitrogens with zero attached hydrogens (tertiary/aromatic N) is 2. The Hall–Kier alpha value is -3.99. The highest BCUT2D eigenvalue weighted by Crippen LogP contribution is 2.45. The number of carboxylic acid groups (broad SMARTS) is 1. The van der Waals surface area contributed by atoms with Crippen molar-refractivity contribution in [3.05, 3.63) is 126 Å². The van der Waals surface area contributed by atoms with E-state index < -0.39 is 23.3 Å². The topological polar surface area (TPSA) is 72.2 Å². The first-order chi connectivity index (χ1) is 15.6. The van der Waals surface area contributed by atoms with E-state index >= 15 is 0 Å². The summed E-state index contributed by atoms with van der Waals surface area (Å²) in [4.78, 5) is 29.2. The Balaban J connectivity index is 1.79. The normalized spacial score (nSPS) is 17.6. The van der Waals surface area contributed by atoms with Crippen molar-refractivity contribution in [1.29, 1.82) is 0 Å². The zero-order valence-electron chi connectivity index (χ0n) is 17.3. The first kappa shape index (κ1) is 19.9. The molecule has 1 aliphatic rings. The largest absolute Gasteiger partial charge is 0.481 e. The van der Waals surface area contributed by atoms with E-state index in [1.165, 1.54) is 0 Å². The lowest BCUT2D eigenvalue weighted by Crippen LogP contribution is -2.39. The average molecular weight is 422 g/mol. The number of hydrogen-bond acceptors (Lipinski definition) is 3. The number of benzene rings is 3. The van der Waals surface area contributed by atoms with Gasteiger partial charge in [0.1, 0.15) is 11.2 Å². The van der Waals surface area contributed by atoms with Crippen molar-refractivity contribution >= 4 is 11.8 Å². The van der Waals surface area contributed by atoms with Crippen molar-refractivity contribution in [2.24, 2.45) is 11.8 Å². The SMILES string of the molecule is O=C(O)C1CC1C(=O)c1cncn1C(c1ccccc1)(c1ccccc1)c1ccccc1. The Morgan fingerprint density at radius 1 is 0.781 bits per heavy atom. The molecule has 0 spiro atoms. The fourth-order valence-corrected chi connectivity index (χ4v) is 4.65. The van der Waals surface area contributed by atoms with Crippen LogP contribution in [-0.4, -0.2) is 26.4 Å². The molecule has 2 atom stereocenters. The lowest BCUT2D eigenvalue weighted by atomic mass is 9.76. The third-order valence-corrected chi connectivity index (χ3v) is 6.27. The first-order valence-corrected chi connectivity index (χ1v) is 10.6. The maximum atomic E-state index is 13.4. The lowest BCUT2D eigenvalue weighted by molar-refractivity contribution is -0.138. The number of ketones is 1. The van der Waals surface area contributed by atoms with Gasteiger partial charge in [-0.25, -0.2) is 4.98 Å². The number of Topliss-reactive ketones (excluding diaryl/α,β-unsaturated/α-hetero) is 1. The summed E-state index contributed by atoms with van der Waals surface area (Å²) in [6, 6.07) is 30.1. The molecule has 0 saturated heterocycles. The second-order valence-electron chi connectivity index (χ2n) is 8.11. The fourth-order valence-electron chi connectivity index (χ4n) is 4.65. The van der Waals surface area contributed by atoms with E-state index in [9.17, 15) is 14.7 Å². The van der Waals surface area contributed by atoms with Gasteiger partial charge in [0, 0.05) is 5.92 Å². The highest BCUT2D eigenvalue weighted by atomic mass is 16.4. The van der Waals surface area contributed by atoms with E-state index in [1.54, 1.807) is 12.5 Å². The first-order valence-electron chi connectivity index (χ1n) is 10.6. The molecule has 32 heavy (non-hydrogen) atoms. The number of carboxylic acids is 1.